The summed E-state index contributed by atoms with van der Waals surface area (Å²) in [5.41, 5.74) is -0.192. The van der Waals surface area contributed by atoms with Crippen molar-refractivity contribution in [1.29, 1.82) is 0 Å². The number of sulfonamides is 1. The van der Waals surface area contributed by atoms with Crippen LogP contribution in [0.3, 0.4) is 0 Å². The standard InChI is InChI=1S/C20H28N2O5S/c1-15-3-5-17(6-4-15)28(25,26)22-9-7-16(8-10-22)18(23)21-12-20(13-21)11-19(2,24)14-27-20/h3-6,16,24H,7-14H2,1-2H3. The van der Waals surface area contributed by atoms with E-state index in [2.05, 4.69) is 0 Å². The first-order valence-corrected chi connectivity index (χ1v) is 11.3. The van der Waals surface area contributed by atoms with Gasteiger partial charge in [0.2, 0.25) is 15.9 Å². The lowest BCUT2D eigenvalue weighted by atomic mass is 9.84. The number of likely N-dealkylation sites (tertiary alicyclic amines) is 1. The third-order valence-electron chi connectivity index (χ3n) is 6.12. The number of hydrogen-bond donors (Lipinski definition) is 1. The number of aryl methyl sites for hydroxylation is 1. The van der Waals surface area contributed by atoms with Gasteiger partial charge in [-0.1, -0.05) is 17.7 Å². The number of nitrogens with zero attached hydrogens (tertiary/aromatic N) is 2. The molecule has 8 heteroatoms. The maximum atomic E-state index is 12.8. The van der Waals surface area contributed by atoms with Crippen LogP contribution in [0.5, 0.6) is 0 Å². The fourth-order valence-corrected chi connectivity index (χ4v) is 6.04. The number of piperidine rings is 1. The molecule has 7 nitrogen and oxygen atoms in total. The minimum atomic E-state index is -3.51. The topological polar surface area (TPSA) is 87.2 Å². The molecule has 0 radical (unpaired) electrons. The lowest BCUT2D eigenvalue weighted by Gasteiger charge is -2.48. The van der Waals surface area contributed by atoms with Crippen LogP contribution in [-0.4, -0.2) is 72.6 Å². The Labute approximate surface area is 166 Å². The van der Waals surface area contributed by atoms with Gasteiger partial charge in [0, 0.05) is 25.4 Å². The Balaban J connectivity index is 1.32. The molecule has 0 bridgehead atoms. The van der Waals surface area contributed by atoms with Crippen LogP contribution in [0, 0.1) is 12.8 Å². The molecule has 1 amide bonds. The second kappa shape index (κ2) is 6.79. The van der Waals surface area contributed by atoms with Gasteiger partial charge in [-0.2, -0.15) is 4.31 Å². The highest BCUT2D eigenvalue weighted by atomic mass is 32.2. The van der Waals surface area contributed by atoms with Gasteiger partial charge < -0.3 is 14.7 Å². The van der Waals surface area contributed by atoms with E-state index < -0.39 is 21.2 Å². The first kappa shape index (κ1) is 19.8. The van der Waals surface area contributed by atoms with Crippen LogP contribution >= 0.6 is 0 Å². The van der Waals surface area contributed by atoms with Crippen LogP contribution in [0.25, 0.3) is 0 Å². The van der Waals surface area contributed by atoms with Crippen LogP contribution in [0.4, 0.5) is 0 Å². The number of carbonyl (C=O) groups excluding carboxylic acids is 1. The summed E-state index contributed by atoms with van der Waals surface area (Å²) < 4.78 is 32.8. The summed E-state index contributed by atoms with van der Waals surface area (Å²) in [4.78, 5) is 14.9. The molecule has 154 valence electrons. The number of rotatable bonds is 3. The van der Waals surface area contributed by atoms with E-state index in [4.69, 9.17) is 4.74 Å². The Hall–Kier alpha value is -1.48. The fourth-order valence-electron chi connectivity index (χ4n) is 4.57. The van der Waals surface area contributed by atoms with Crippen molar-refractivity contribution in [3.8, 4) is 0 Å². The van der Waals surface area contributed by atoms with Gasteiger partial charge in [-0.3, -0.25) is 4.79 Å². The molecule has 3 aliphatic rings. The summed E-state index contributed by atoms with van der Waals surface area (Å²) in [5, 5.41) is 10.1. The first-order chi connectivity index (χ1) is 13.1. The lowest BCUT2D eigenvalue weighted by Crippen LogP contribution is -2.65. The van der Waals surface area contributed by atoms with Crippen molar-refractivity contribution in [2.75, 3.05) is 32.8 Å². The van der Waals surface area contributed by atoms with E-state index in [1.54, 1.807) is 36.1 Å². The molecule has 1 N–H and O–H groups in total. The lowest BCUT2D eigenvalue weighted by molar-refractivity contribution is -0.162. The maximum absolute atomic E-state index is 12.8. The molecule has 1 atom stereocenters. The minimum absolute atomic E-state index is 0.0770. The quantitative estimate of drug-likeness (QED) is 0.811. The number of benzene rings is 1. The number of ether oxygens (including phenoxy) is 1. The summed E-state index contributed by atoms with van der Waals surface area (Å²) in [6.45, 7) is 5.74. The third kappa shape index (κ3) is 3.58. The molecule has 0 saturated carbocycles. The summed E-state index contributed by atoms with van der Waals surface area (Å²) in [6.07, 6.45) is 1.62. The van der Waals surface area contributed by atoms with E-state index in [-0.39, 0.29) is 11.8 Å². The molecule has 3 aliphatic heterocycles. The summed E-state index contributed by atoms with van der Waals surface area (Å²) in [6, 6.07) is 6.87. The third-order valence-corrected chi connectivity index (χ3v) is 8.04. The Morgan fingerprint density at radius 2 is 1.79 bits per heavy atom. The molecule has 0 aliphatic carbocycles. The fraction of sp³-hybridized carbons (Fsp3) is 0.650. The smallest absolute Gasteiger partial charge is 0.243 e. The van der Waals surface area contributed by atoms with E-state index in [1.807, 2.05) is 6.92 Å². The summed E-state index contributed by atoms with van der Waals surface area (Å²) in [7, 11) is -3.51. The van der Waals surface area contributed by atoms with Gasteiger partial charge in [0.15, 0.2) is 0 Å². The van der Waals surface area contributed by atoms with E-state index in [0.29, 0.717) is 56.9 Å². The zero-order valence-corrected chi connectivity index (χ0v) is 17.2. The zero-order valence-electron chi connectivity index (χ0n) is 16.4. The monoisotopic (exact) mass is 408 g/mol. The van der Waals surface area contributed by atoms with Crippen molar-refractivity contribution in [1.82, 2.24) is 9.21 Å². The second-order valence-electron chi connectivity index (χ2n) is 8.83. The number of carbonyl (C=O) groups is 1. The number of hydrogen-bond acceptors (Lipinski definition) is 5. The van der Waals surface area contributed by atoms with E-state index in [0.717, 1.165) is 5.56 Å². The van der Waals surface area contributed by atoms with Crippen LogP contribution < -0.4 is 0 Å². The SMILES string of the molecule is Cc1ccc(S(=O)(=O)N2CCC(C(=O)N3CC4(C3)CC(C)(O)CO4)CC2)cc1. The summed E-state index contributed by atoms with van der Waals surface area (Å²) >= 11 is 0. The van der Waals surface area contributed by atoms with E-state index >= 15 is 0 Å². The van der Waals surface area contributed by atoms with Crippen LogP contribution in [0.2, 0.25) is 0 Å². The van der Waals surface area contributed by atoms with Gasteiger partial charge in [0.05, 0.1) is 30.2 Å². The van der Waals surface area contributed by atoms with E-state index in [1.165, 1.54) is 4.31 Å². The van der Waals surface area contributed by atoms with Crippen molar-refractivity contribution in [2.45, 2.75) is 49.2 Å². The zero-order chi connectivity index (χ0) is 20.2. The van der Waals surface area contributed by atoms with E-state index in [9.17, 15) is 18.3 Å². The Morgan fingerprint density at radius 3 is 2.32 bits per heavy atom. The summed E-state index contributed by atoms with van der Waals surface area (Å²) in [5.74, 6) is -0.0723. The molecule has 3 heterocycles. The second-order valence-corrected chi connectivity index (χ2v) is 10.8. The highest BCUT2D eigenvalue weighted by Gasteiger charge is 2.55. The minimum Gasteiger partial charge on any atom is -0.388 e. The molecule has 0 aromatic heterocycles. The van der Waals surface area contributed by atoms with Crippen LogP contribution in [0.15, 0.2) is 29.2 Å². The van der Waals surface area contributed by atoms with Gasteiger partial charge in [0.1, 0.15) is 5.60 Å². The molecule has 1 aromatic rings. The van der Waals surface area contributed by atoms with Gasteiger partial charge in [-0.15, -0.1) is 0 Å². The highest BCUT2D eigenvalue weighted by Crippen LogP contribution is 2.40. The van der Waals surface area contributed by atoms with Crippen molar-refractivity contribution in [2.24, 2.45) is 5.92 Å². The molecular formula is C20H28N2O5S. The van der Waals surface area contributed by atoms with Crippen LogP contribution in [0.1, 0.15) is 31.7 Å². The first-order valence-electron chi connectivity index (χ1n) is 9.82. The van der Waals surface area contributed by atoms with Crippen molar-refractivity contribution >= 4 is 15.9 Å². The molecule has 3 fully saturated rings. The molecule has 4 rings (SSSR count). The number of aliphatic hydroxyl groups is 1. The Kier molecular flexibility index (Phi) is 4.81. The normalized spacial score (nSPS) is 28.5. The van der Waals surface area contributed by atoms with Crippen LogP contribution in [-0.2, 0) is 19.6 Å². The predicted molar refractivity (Wildman–Crippen MR) is 103 cm³/mol. The average Bonchev–Trinajstić information content (AvgIpc) is 2.96. The van der Waals surface area contributed by atoms with Gasteiger partial charge >= 0.3 is 0 Å². The van der Waals surface area contributed by atoms with Gasteiger partial charge in [-0.25, -0.2) is 8.42 Å². The Morgan fingerprint density at radius 1 is 1.18 bits per heavy atom. The predicted octanol–water partition coefficient (Wildman–Crippen LogP) is 1.15. The van der Waals surface area contributed by atoms with Gasteiger partial charge in [-0.05, 0) is 38.8 Å². The molecule has 28 heavy (non-hydrogen) atoms. The Bertz CT molecular complexity index is 851. The van der Waals surface area contributed by atoms with Crippen molar-refractivity contribution in [3.63, 3.8) is 0 Å². The molecular weight excluding hydrogens is 380 g/mol. The van der Waals surface area contributed by atoms with Gasteiger partial charge in [0.25, 0.3) is 0 Å². The van der Waals surface area contributed by atoms with Crippen molar-refractivity contribution in [3.05, 3.63) is 29.8 Å². The van der Waals surface area contributed by atoms with Crippen molar-refractivity contribution < 1.29 is 23.1 Å². The molecule has 1 aromatic carbocycles. The number of amides is 1. The molecule has 1 spiro atoms. The maximum Gasteiger partial charge on any atom is 0.243 e. The average molecular weight is 409 g/mol. The molecule has 3 saturated heterocycles. The largest absolute Gasteiger partial charge is 0.388 e. The highest BCUT2D eigenvalue weighted by molar-refractivity contribution is 7.89. The molecule has 1 unspecified atom stereocenters.